The quantitative estimate of drug-likeness (QED) is 0.739. The van der Waals surface area contributed by atoms with Gasteiger partial charge in [-0.1, -0.05) is 31.9 Å². The summed E-state index contributed by atoms with van der Waals surface area (Å²) in [6, 6.07) is 3.81. The number of unbranched alkanes of at least 4 members (excludes halogenated alkanes) is 1. The summed E-state index contributed by atoms with van der Waals surface area (Å²) in [7, 11) is 1.63. The monoisotopic (exact) mass is 285 g/mol. The molecule has 0 aliphatic rings. The molecular formula is C15H24ClNO2. The minimum atomic E-state index is 0.108. The van der Waals surface area contributed by atoms with Gasteiger partial charge >= 0.3 is 0 Å². The van der Waals surface area contributed by atoms with E-state index in [2.05, 4.69) is 13.8 Å². The molecule has 0 fully saturated rings. The first kappa shape index (κ1) is 16.1. The molecule has 0 saturated carbocycles. The molecule has 0 aliphatic carbocycles. The predicted molar refractivity (Wildman–Crippen MR) is 80.4 cm³/mol. The van der Waals surface area contributed by atoms with Crippen LogP contribution in [0.25, 0.3) is 0 Å². The molecule has 19 heavy (non-hydrogen) atoms. The number of ether oxygens (including phenoxy) is 2. The lowest BCUT2D eigenvalue weighted by atomic mass is 10.0. The molecule has 0 spiro atoms. The second-order valence-corrected chi connectivity index (χ2v) is 5.11. The van der Waals surface area contributed by atoms with Crippen molar-refractivity contribution in [1.29, 1.82) is 0 Å². The van der Waals surface area contributed by atoms with Crippen molar-refractivity contribution >= 4 is 11.6 Å². The van der Waals surface area contributed by atoms with Gasteiger partial charge < -0.3 is 15.2 Å². The number of rotatable bonds is 8. The van der Waals surface area contributed by atoms with Gasteiger partial charge in [-0.3, -0.25) is 0 Å². The van der Waals surface area contributed by atoms with E-state index in [4.69, 9.17) is 26.8 Å². The van der Waals surface area contributed by atoms with E-state index in [0.717, 1.165) is 37.0 Å². The molecule has 1 aromatic carbocycles. The lowest BCUT2D eigenvalue weighted by Crippen LogP contribution is -2.22. The molecule has 2 N–H and O–H groups in total. The molecule has 0 amide bonds. The van der Waals surface area contributed by atoms with Crippen LogP contribution in [0.5, 0.6) is 11.5 Å². The van der Waals surface area contributed by atoms with Gasteiger partial charge in [0.25, 0.3) is 0 Å². The highest BCUT2D eigenvalue weighted by Crippen LogP contribution is 2.35. The SMILES string of the molecule is CCCCOc1c(CC(N)CC)cc(Cl)cc1OC. The number of halogens is 1. The first-order valence-corrected chi connectivity index (χ1v) is 7.24. The Morgan fingerprint density at radius 1 is 1.32 bits per heavy atom. The third-order valence-electron chi connectivity index (χ3n) is 3.07. The fraction of sp³-hybridized carbons (Fsp3) is 0.600. The minimum absolute atomic E-state index is 0.108. The van der Waals surface area contributed by atoms with Crippen molar-refractivity contribution in [1.82, 2.24) is 0 Å². The van der Waals surface area contributed by atoms with Crippen LogP contribution >= 0.6 is 11.6 Å². The molecule has 3 nitrogen and oxygen atoms in total. The van der Waals surface area contributed by atoms with Gasteiger partial charge in [0.2, 0.25) is 0 Å². The minimum Gasteiger partial charge on any atom is -0.493 e. The Balaban J connectivity index is 2.99. The highest BCUT2D eigenvalue weighted by atomic mass is 35.5. The molecule has 0 heterocycles. The summed E-state index contributed by atoms with van der Waals surface area (Å²) in [5, 5.41) is 0.651. The third kappa shape index (κ3) is 4.92. The normalized spacial score (nSPS) is 12.3. The lowest BCUT2D eigenvalue weighted by Gasteiger charge is -2.17. The van der Waals surface area contributed by atoms with E-state index in [0.29, 0.717) is 17.4 Å². The Labute approximate surface area is 121 Å². The summed E-state index contributed by atoms with van der Waals surface area (Å²) >= 11 is 6.11. The Morgan fingerprint density at radius 3 is 2.63 bits per heavy atom. The topological polar surface area (TPSA) is 44.5 Å². The van der Waals surface area contributed by atoms with Crippen LogP contribution in [0.4, 0.5) is 0 Å². The predicted octanol–water partition coefficient (Wildman–Crippen LogP) is 3.81. The van der Waals surface area contributed by atoms with E-state index in [-0.39, 0.29) is 6.04 Å². The molecule has 1 unspecified atom stereocenters. The van der Waals surface area contributed by atoms with Crippen molar-refractivity contribution in [3.63, 3.8) is 0 Å². The summed E-state index contributed by atoms with van der Waals surface area (Å²) < 4.78 is 11.2. The molecule has 1 atom stereocenters. The number of hydrogen-bond donors (Lipinski definition) is 1. The van der Waals surface area contributed by atoms with E-state index in [1.165, 1.54) is 0 Å². The summed E-state index contributed by atoms with van der Waals surface area (Å²) in [5.74, 6) is 1.46. The van der Waals surface area contributed by atoms with Crippen molar-refractivity contribution in [2.24, 2.45) is 5.73 Å². The highest BCUT2D eigenvalue weighted by Gasteiger charge is 2.15. The van der Waals surface area contributed by atoms with Gasteiger partial charge in [-0.2, -0.15) is 0 Å². The molecule has 0 saturated heterocycles. The molecule has 108 valence electrons. The fourth-order valence-electron chi connectivity index (χ4n) is 1.84. The average molecular weight is 286 g/mol. The van der Waals surface area contributed by atoms with Crippen molar-refractivity contribution in [3.8, 4) is 11.5 Å². The maximum Gasteiger partial charge on any atom is 0.164 e. The highest BCUT2D eigenvalue weighted by molar-refractivity contribution is 6.30. The molecule has 0 radical (unpaired) electrons. The maximum atomic E-state index is 6.11. The summed E-state index contributed by atoms with van der Waals surface area (Å²) in [5.41, 5.74) is 7.05. The molecule has 1 aromatic rings. The van der Waals surface area contributed by atoms with Crippen LogP contribution < -0.4 is 15.2 Å². The molecule has 0 aromatic heterocycles. The van der Waals surface area contributed by atoms with Gasteiger partial charge in [0.05, 0.1) is 13.7 Å². The van der Waals surface area contributed by atoms with E-state index in [9.17, 15) is 0 Å². The van der Waals surface area contributed by atoms with Crippen LogP contribution in [0.15, 0.2) is 12.1 Å². The number of methoxy groups -OCH3 is 1. The molecule has 1 rings (SSSR count). The van der Waals surface area contributed by atoms with Crippen LogP contribution in [0.1, 0.15) is 38.7 Å². The van der Waals surface area contributed by atoms with E-state index < -0.39 is 0 Å². The van der Waals surface area contributed by atoms with Crippen molar-refractivity contribution < 1.29 is 9.47 Å². The first-order valence-electron chi connectivity index (χ1n) is 6.87. The summed E-state index contributed by atoms with van der Waals surface area (Å²) in [4.78, 5) is 0. The smallest absolute Gasteiger partial charge is 0.164 e. The van der Waals surface area contributed by atoms with Gasteiger partial charge in [0.1, 0.15) is 0 Å². The summed E-state index contributed by atoms with van der Waals surface area (Å²) in [6.07, 6.45) is 3.78. The van der Waals surface area contributed by atoms with E-state index in [1.54, 1.807) is 13.2 Å². The molecule has 4 heteroatoms. The average Bonchev–Trinajstić information content (AvgIpc) is 2.40. The zero-order valence-electron chi connectivity index (χ0n) is 12.0. The van der Waals surface area contributed by atoms with Crippen LogP contribution in [-0.2, 0) is 6.42 Å². The molecule has 0 bridgehead atoms. The third-order valence-corrected chi connectivity index (χ3v) is 3.29. The maximum absolute atomic E-state index is 6.11. The number of benzene rings is 1. The Hall–Kier alpha value is -0.930. The van der Waals surface area contributed by atoms with Gasteiger partial charge in [-0.25, -0.2) is 0 Å². The standard InChI is InChI=1S/C15H24ClNO2/c1-4-6-7-19-15-11(9-13(17)5-2)8-12(16)10-14(15)18-3/h8,10,13H,4-7,9,17H2,1-3H3. The Kier molecular flexibility index (Phi) is 7.03. The van der Waals surface area contributed by atoms with Crippen molar-refractivity contribution in [2.45, 2.75) is 45.6 Å². The lowest BCUT2D eigenvalue weighted by molar-refractivity contribution is 0.284. The van der Waals surface area contributed by atoms with Gasteiger partial charge in [0.15, 0.2) is 11.5 Å². The Bertz CT molecular complexity index is 396. The zero-order chi connectivity index (χ0) is 14.3. The van der Waals surface area contributed by atoms with Crippen LogP contribution in [0, 0.1) is 0 Å². The Morgan fingerprint density at radius 2 is 2.05 bits per heavy atom. The number of nitrogens with two attached hydrogens (primary N) is 1. The molecule has 0 aliphatic heterocycles. The van der Waals surface area contributed by atoms with Crippen LogP contribution in [0.3, 0.4) is 0 Å². The largest absolute Gasteiger partial charge is 0.493 e. The van der Waals surface area contributed by atoms with Crippen molar-refractivity contribution in [2.75, 3.05) is 13.7 Å². The number of hydrogen-bond acceptors (Lipinski definition) is 3. The van der Waals surface area contributed by atoms with E-state index in [1.807, 2.05) is 6.07 Å². The first-order chi connectivity index (χ1) is 9.12. The van der Waals surface area contributed by atoms with Crippen molar-refractivity contribution in [3.05, 3.63) is 22.7 Å². The van der Waals surface area contributed by atoms with Crippen LogP contribution in [-0.4, -0.2) is 19.8 Å². The van der Waals surface area contributed by atoms with E-state index >= 15 is 0 Å². The van der Waals surface area contributed by atoms with Gasteiger partial charge in [0, 0.05) is 22.7 Å². The van der Waals surface area contributed by atoms with Crippen LogP contribution in [0.2, 0.25) is 5.02 Å². The second kappa shape index (κ2) is 8.28. The second-order valence-electron chi connectivity index (χ2n) is 4.67. The van der Waals surface area contributed by atoms with Gasteiger partial charge in [-0.15, -0.1) is 0 Å². The zero-order valence-corrected chi connectivity index (χ0v) is 12.8. The fourth-order valence-corrected chi connectivity index (χ4v) is 2.07. The summed E-state index contributed by atoms with van der Waals surface area (Å²) in [6.45, 7) is 4.89. The van der Waals surface area contributed by atoms with Gasteiger partial charge in [-0.05, 0) is 25.3 Å². The molecular weight excluding hydrogens is 262 g/mol.